The Hall–Kier alpha value is -2.20. The molecule has 0 aliphatic rings. The molecule has 0 heterocycles. The van der Waals surface area contributed by atoms with Crippen LogP contribution in [0, 0.1) is 0 Å². The van der Waals surface area contributed by atoms with Gasteiger partial charge in [-0.15, -0.1) is 0 Å². The summed E-state index contributed by atoms with van der Waals surface area (Å²) < 4.78 is 11.6. The quantitative estimate of drug-likeness (QED) is 0.647. The molecule has 146 valence electrons. The van der Waals surface area contributed by atoms with Crippen LogP contribution in [0.5, 0.6) is 11.5 Å². The van der Waals surface area contributed by atoms with Crippen molar-refractivity contribution in [1.82, 2.24) is 5.32 Å². The van der Waals surface area contributed by atoms with E-state index in [1.165, 1.54) is 0 Å². The Bertz CT molecular complexity index is 755. The highest BCUT2D eigenvalue weighted by Crippen LogP contribution is 2.30. The minimum atomic E-state index is -0.565. The molecule has 0 bridgehead atoms. The molecule has 5 heteroatoms. The van der Waals surface area contributed by atoms with Crippen molar-refractivity contribution in [2.24, 2.45) is 0 Å². The van der Waals surface area contributed by atoms with E-state index in [0.717, 1.165) is 11.3 Å². The van der Waals surface area contributed by atoms with E-state index in [2.05, 4.69) is 32.2 Å². The number of carbonyl (C=O) groups is 1. The number of hydrogen-bond donors (Lipinski definition) is 1. The minimum absolute atomic E-state index is 0.00204. The van der Waals surface area contributed by atoms with Gasteiger partial charge in [0.1, 0.15) is 18.1 Å². The molecule has 2 aromatic rings. The molecule has 0 fully saturated rings. The fourth-order valence-corrected chi connectivity index (χ4v) is 2.87. The lowest BCUT2D eigenvalue weighted by molar-refractivity contribution is -0.128. The summed E-state index contributed by atoms with van der Waals surface area (Å²) in [5.74, 6) is 1.27. The molecule has 0 aliphatic carbocycles. The highest BCUT2D eigenvalue weighted by molar-refractivity contribution is 6.30. The number of nitrogens with one attached hydrogen (secondary N) is 1. The van der Waals surface area contributed by atoms with E-state index >= 15 is 0 Å². The van der Waals surface area contributed by atoms with Crippen LogP contribution in [0.25, 0.3) is 0 Å². The Morgan fingerprint density at radius 3 is 2.56 bits per heavy atom. The largest absolute Gasteiger partial charge is 0.491 e. The molecular weight excluding hydrogens is 362 g/mol. The molecular formula is C22H28ClNO3. The maximum absolute atomic E-state index is 12.4. The molecule has 0 aliphatic heterocycles. The average molecular weight is 390 g/mol. The molecule has 0 saturated heterocycles. The molecule has 0 spiro atoms. The van der Waals surface area contributed by atoms with Crippen molar-refractivity contribution in [1.29, 1.82) is 0 Å². The zero-order chi connectivity index (χ0) is 19.9. The number of hydrogen-bond acceptors (Lipinski definition) is 3. The van der Waals surface area contributed by atoms with Crippen LogP contribution in [0.4, 0.5) is 0 Å². The Morgan fingerprint density at radius 2 is 1.89 bits per heavy atom. The van der Waals surface area contributed by atoms with E-state index in [9.17, 15) is 4.79 Å². The molecule has 1 atom stereocenters. The molecule has 2 aromatic carbocycles. The number of ether oxygens (including phenoxy) is 2. The molecule has 1 amide bonds. The minimum Gasteiger partial charge on any atom is -0.491 e. The average Bonchev–Trinajstić information content (AvgIpc) is 2.62. The molecule has 0 saturated carbocycles. The van der Waals surface area contributed by atoms with Gasteiger partial charge in [-0.05, 0) is 41.7 Å². The lowest BCUT2D eigenvalue weighted by Gasteiger charge is -2.23. The van der Waals surface area contributed by atoms with Crippen LogP contribution >= 0.6 is 11.6 Å². The number of halogens is 1. The van der Waals surface area contributed by atoms with Gasteiger partial charge in [-0.3, -0.25) is 4.79 Å². The van der Waals surface area contributed by atoms with Crippen LogP contribution in [-0.2, 0) is 10.2 Å². The Kier molecular flexibility index (Phi) is 7.55. The zero-order valence-corrected chi connectivity index (χ0v) is 17.2. The summed E-state index contributed by atoms with van der Waals surface area (Å²) in [7, 11) is 0. The van der Waals surface area contributed by atoms with Gasteiger partial charge < -0.3 is 14.8 Å². The van der Waals surface area contributed by atoms with Crippen LogP contribution in [0.1, 0.15) is 39.7 Å². The predicted octanol–water partition coefficient (Wildman–Crippen LogP) is 4.99. The lowest BCUT2D eigenvalue weighted by atomic mass is 9.86. The third-order valence-electron chi connectivity index (χ3n) is 4.09. The summed E-state index contributed by atoms with van der Waals surface area (Å²) >= 11 is 5.96. The van der Waals surface area contributed by atoms with Crippen LogP contribution in [0.3, 0.4) is 0 Å². The van der Waals surface area contributed by atoms with Crippen molar-refractivity contribution in [2.75, 3.05) is 13.2 Å². The summed E-state index contributed by atoms with van der Waals surface area (Å²) in [6, 6.07) is 15.0. The van der Waals surface area contributed by atoms with Crippen molar-refractivity contribution < 1.29 is 14.3 Å². The first-order chi connectivity index (χ1) is 12.8. The van der Waals surface area contributed by atoms with Gasteiger partial charge in [0.2, 0.25) is 0 Å². The first kappa shape index (κ1) is 21.1. The smallest absolute Gasteiger partial charge is 0.261 e. The highest BCUT2D eigenvalue weighted by Gasteiger charge is 2.20. The van der Waals surface area contributed by atoms with E-state index in [4.69, 9.17) is 21.1 Å². The van der Waals surface area contributed by atoms with Gasteiger partial charge in [-0.1, -0.05) is 63.6 Å². The van der Waals surface area contributed by atoms with Crippen molar-refractivity contribution in [3.8, 4) is 11.5 Å². The standard InChI is InChI=1S/C22H28ClNO3/c1-5-19(27-17-10-8-9-16(23)15-17)21(25)24-13-14-26-20-12-7-6-11-18(20)22(2,3)4/h6-12,15,19H,5,13-14H2,1-4H3,(H,24,25)/t19-/m1/s1. The number of benzene rings is 2. The van der Waals surface area contributed by atoms with Gasteiger partial charge in [-0.25, -0.2) is 0 Å². The maximum atomic E-state index is 12.4. The number of amides is 1. The van der Waals surface area contributed by atoms with Gasteiger partial charge in [0.15, 0.2) is 6.10 Å². The third-order valence-corrected chi connectivity index (χ3v) is 4.33. The molecule has 2 rings (SSSR count). The summed E-state index contributed by atoms with van der Waals surface area (Å²) in [4.78, 5) is 12.4. The van der Waals surface area contributed by atoms with E-state index in [-0.39, 0.29) is 11.3 Å². The fourth-order valence-electron chi connectivity index (χ4n) is 2.69. The summed E-state index contributed by atoms with van der Waals surface area (Å²) in [5.41, 5.74) is 1.14. The normalized spacial score (nSPS) is 12.3. The monoisotopic (exact) mass is 389 g/mol. The number of carbonyl (C=O) groups excluding carboxylic acids is 1. The van der Waals surface area contributed by atoms with Crippen LogP contribution in [0.15, 0.2) is 48.5 Å². The predicted molar refractivity (Wildman–Crippen MR) is 110 cm³/mol. The second kappa shape index (κ2) is 9.65. The van der Waals surface area contributed by atoms with Gasteiger partial charge in [0.25, 0.3) is 5.91 Å². The van der Waals surface area contributed by atoms with Crippen LogP contribution in [-0.4, -0.2) is 25.2 Å². The van der Waals surface area contributed by atoms with E-state index < -0.39 is 6.10 Å². The zero-order valence-electron chi connectivity index (χ0n) is 16.4. The molecule has 0 aromatic heterocycles. The topological polar surface area (TPSA) is 47.6 Å². The van der Waals surface area contributed by atoms with E-state index in [1.54, 1.807) is 24.3 Å². The van der Waals surface area contributed by atoms with Gasteiger partial charge in [0.05, 0.1) is 6.54 Å². The van der Waals surface area contributed by atoms with Crippen molar-refractivity contribution in [3.63, 3.8) is 0 Å². The third kappa shape index (κ3) is 6.47. The Balaban J connectivity index is 1.85. The first-order valence-electron chi connectivity index (χ1n) is 9.23. The lowest BCUT2D eigenvalue weighted by Crippen LogP contribution is -2.39. The van der Waals surface area contributed by atoms with Crippen molar-refractivity contribution >= 4 is 17.5 Å². The summed E-state index contributed by atoms with van der Waals surface area (Å²) in [5, 5.41) is 3.45. The van der Waals surface area contributed by atoms with Crippen LogP contribution < -0.4 is 14.8 Å². The highest BCUT2D eigenvalue weighted by atomic mass is 35.5. The molecule has 4 nitrogen and oxygen atoms in total. The maximum Gasteiger partial charge on any atom is 0.261 e. The molecule has 0 unspecified atom stereocenters. The van der Waals surface area contributed by atoms with Crippen LogP contribution in [0.2, 0.25) is 5.02 Å². The van der Waals surface area contributed by atoms with Crippen molar-refractivity contribution in [3.05, 3.63) is 59.1 Å². The van der Waals surface area contributed by atoms with Gasteiger partial charge in [-0.2, -0.15) is 0 Å². The van der Waals surface area contributed by atoms with Crippen molar-refractivity contribution in [2.45, 2.75) is 45.6 Å². The summed E-state index contributed by atoms with van der Waals surface area (Å²) in [6.45, 7) is 9.16. The Labute approximate surface area is 166 Å². The number of rotatable bonds is 8. The first-order valence-corrected chi connectivity index (χ1v) is 9.61. The van der Waals surface area contributed by atoms with E-state index in [1.807, 2.05) is 25.1 Å². The molecule has 27 heavy (non-hydrogen) atoms. The second-order valence-electron chi connectivity index (χ2n) is 7.36. The fraction of sp³-hybridized carbons (Fsp3) is 0.409. The van der Waals surface area contributed by atoms with Gasteiger partial charge in [0, 0.05) is 5.02 Å². The Morgan fingerprint density at radius 1 is 1.15 bits per heavy atom. The molecule has 0 radical (unpaired) electrons. The van der Waals surface area contributed by atoms with E-state index in [0.29, 0.717) is 30.3 Å². The van der Waals surface area contributed by atoms with Gasteiger partial charge >= 0.3 is 0 Å². The summed E-state index contributed by atoms with van der Waals surface area (Å²) in [6.07, 6.45) is -0.00294. The SMILES string of the molecule is CC[C@@H](Oc1cccc(Cl)c1)C(=O)NCCOc1ccccc1C(C)(C)C. The second-order valence-corrected chi connectivity index (χ2v) is 7.79. The molecule has 1 N–H and O–H groups in total. The number of para-hydroxylation sites is 1.